The third kappa shape index (κ3) is 3.48. The first-order chi connectivity index (χ1) is 12.7. The zero-order chi connectivity index (χ0) is 17.9. The topological polar surface area (TPSA) is 35.5 Å². The van der Waals surface area contributed by atoms with Crippen LogP contribution in [0.15, 0.2) is 78.6 Å². The molecule has 4 heteroatoms. The van der Waals surface area contributed by atoms with Crippen molar-refractivity contribution in [1.82, 2.24) is 0 Å². The number of hydrogen-bond acceptors (Lipinski definition) is 3. The van der Waals surface area contributed by atoms with Crippen LogP contribution in [0.4, 0.5) is 0 Å². The van der Waals surface area contributed by atoms with Gasteiger partial charge in [0.2, 0.25) is 5.78 Å². The summed E-state index contributed by atoms with van der Waals surface area (Å²) < 4.78 is 11.4. The van der Waals surface area contributed by atoms with Gasteiger partial charge in [0.1, 0.15) is 18.1 Å². The normalized spacial score (nSPS) is 14.2. The minimum Gasteiger partial charge on any atom is -0.489 e. The number of ether oxygens (including phenoxy) is 2. The molecule has 128 valence electrons. The van der Waals surface area contributed by atoms with Gasteiger partial charge in [0.05, 0.1) is 5.56 Å². The summed E-state index contributed by atoms with van der Waals surface area (Å²) in [6, 6.07) is 22.5. The number of allylic oxidation sites excluding steroid dienone is 1. The van der Waals surface area contributed by atoms with Crippen molar-refractivity contribution < 1.29 is 14.3 Å². The number of carbonyl (C=O) groups is 1. The Morgan fingerprint density at radius 3 is 2.50 bits per heavy atom. The van der Waals surface area contributed by atoms with E-state index < -0.39 is 0 Å². The second-order valence-corrected chi connectivity index (χ2v) is 6.36. The highest BCUT2D eigenvalue weighted by Crippen LogP contribution is 2.33. The zero-order valence-electron chi connectivity index (χ0n) is 13.8. The Labute approximate surface area is 156 Å². The minimum atomic E-state index is -0.160. The van der Waals surface area contributed by atoms with Crippen molar-refractivity contribution >= 4 is 23.5 Å². The van der Waals surface area contributed by atoms with Gasteiger partial charge in [-0.25, -0.2) is 0 Å². The van der Waals surface area contributed by atoms with Gasteiger partial charge >= 0.3 is 0 Å². The molecule has 0 radical (unpaired) electrons. The molecule has 26 heavy (non-hydrogen) atoms. The molecule has 4 rings (SSSR count). The minimum absolute atomic E-state index is 0.160. The van der Waals surface area contributed by atoms with Crippen molar-refractivity contribution in [3.05, 3.63) is 100 Å². The van der Waals surface area contributed by atoms with Gasteiger partial charge in [-0.3, -0.25) is 4.79 Å². The van der Waals surface area contributed by atoms with E-state index in [1.165, 1.54) is 0 Å². The molecule has 0 saturated carbocycles. The van der Waals surface area contributed by atoms with Crippen molar-refractivity contribution in [2.24, 2.45) is 0 Å². The van der Waals surface area contributed by atoms with Gasteiger partial charge in [0.25, 0.3) is 0 Å². The van der Waals surface area contributed by atoms with Crippen LogP contribution in [0.2, 0.25) is 5.02 Å². The Kier molecular flexibility index (Phi) is 4.46. The van der Waals surface area contributed by atoms with Crippen molar-refractivity contribution in [1.29, 1.82) is 0 Å². The van der Waals surface area contributed by atoms with E-state index in [0.717, 1.165) is 16.9 Å². The number of rotatable bonds is 4. The fourth-order valence-corrected chi connectivity index (χ4v) is 2.89. The van der Waals surface area contributed by atoms with E-state index in [1.54, 1.807) is 24.3 Å². The van der Waals surface area contributed by atoms with E-state index in [4.69, 9.17) is 21.1 Å². The molecule has 0 bridgehead atoms. The number of halogens is 1. The smallest absolute Gasteiger partial charge is 0.232 e. The molecule has 1 heterocycles. The molecule has 0 amide bonds. The molecule has 1 aliphatic rings. The Balaban J connectivity index is 1.46. The Hall–Kier alpha value is -3.04. The number of benzene rings is 3. The van der Waals surface area contributed by atoms with Gasteiger partial charge in [-0.2, -0.15) is 0 Å². The van der Waals surface area contributed by atoms with Crippen molar-refractivity contribution in [3.63, 3.8) is 0 Å². The van der Waals surface area contributed by atoms with E-state index >= 15 is 0 Å². The van der Waals surface area contributed by atoms with Crippen molar-refractivity contribution in [2.45, 2.75) is 6.61 Å². The molecule has 0 spiro atoms. The highest BCUT2D eigenvalue weighted by atomic mass is 35.5. The van der Waals surface area contributed by atoms with E-state index in [9.17, 15) is 4.79 Å². The standard InChI is InChI=1S/C22H15ClO3/c23-17-8-11-20-19(13-17)22(24)21(26-20)12-15-6-9-18(10-7-15)25-14-16-4-2-1-3-5-16/h1-13H,14H2/b21-12-. The summed E-state index contributed by atoms with van der Waals surface area (Å²) in [4.78, 5) is 12.4. The lowest BCUT2D eigenvalue weighted by molar-refractivity contribution is 0.101. The molecule has 3 aromatic rings. The highest BCUT2D eigenvalue weighted by Gasteiger charge is 2.27. The molecule has 0 aliphatic carbocycles. The van der Waals surface area contributed by atoms with Gasteiger partial charge in [-0.1, -0.05) is 54.1 Å². The average molecular weight is 363 g/mol. The first-order valence-corrected chi connectivity index (χ1v) is 8.57. The van der Waals surface area contributed by atoms with Gasteiger partial charge in [0, 0.05) is 5.02 Å². The van der Waals surface area contributed by atoms with Crippen LogP contribution in [0.3, 0.4) is 0 Å². The first-order valence-electron chi connectivity index (χ1n) is 8.20. The summed E-state index contributed by atoms with van der Waals surface area (Å²) in [6.07, 6.45) is 1.72. The predicted octanol–water partition coefficient (Wildman–Crippen LogP) is 5.54. The zero-order valence-corrected chi connectivity index (χ0v) is 14.6. The second kappa shape index (κ2) is 7.06. The molecule has 0 aromatic heterocycles. The number of fused-ring (bicyclic) bond motifs is 1. The molecule has 0 unspecified atom stereocenters. The van der Waals surface area contributed by atoms with Crippen LogP contribution in [0.25, 0.3) is 6.08 Å². The van der Waals surface area contributed by atoms with Gasteiger partial charge in [-0.15, -0.1) is 0 Å². The molecular weight excluding hydrogens is 348 g/mol. The van der Waals surface area contributed by atoms with Crippen LogP contribution in [0.1, 0.15) is 21.5 Å². The van der Waals surface area contributed by atoms with Crippen molar-refractivity contribution in [3.8, 4) is 11.5 Å². The quantitative estimate of drug-likeness (QED) is 0.572. The van der Waals surface area contributed by atoms with E-state index in [0.29, 0.717) is 28.7 Å². The Bertz CT molecular complexity index is 976. The van der Waals surface area contributed by atoms with E-state index in [-0.39, 0.29) is 5.78 Å². The Morgan fingerprint density at radius 2 is 1.73 bits per heavy atom. The van der Waals surface area contributed by atoms with E-state index in [2.05, 4.69) is 0 Å². The van der Waals surface area contributed by atoms with Crippen LogP contribution in [0, 0.1) is 0 Å². The summed E-state index contributed by atoms with van der Waals surface area (Å²) in [6.45, 7) is 0.513. The van der Waals surface area contributed by atoms with Gasteiger partial charge in [-0.05, 0) is 47.5 Å². The second-order valence-electron chi connectivity index (χ2n) is 5.92. The van der Waals surface area contributed by atoms with Gasteiger partial charge in [0.15, 0.2) is 5.76 Å². The third-order valence-corrected chi connectivity index (χ3v) is 4.29. The summed E-state index contributed by atoms with van der Waals surface area (Å²) in [5, 5.41) is 0.516. The molecule has 3 aromatic carbocycles. The largest absolute Gasteiger partial charge is 0.489 e. The number of ketones is 1. The van der Waals surface area contributed by atoms with Crippen molar-refractivity contribution in [2.75, 3.05) is 0 Å². The lowest BCUT2D eigenvalue weighted by atomic mass is 10.1. The molecule has 1 aliphatic heterocycles. The summed E-state index contributed by atoms with van der Waals surface area (Å²) >= 11 is 5.95. The number of Topliss-reactive ketones (excluding diaryl/α,β-unsaturated/α-hetero) is 1. The van der Waals surface area contributed by atoms with Crippen LogP contribution in [0.5, 0.6) is 11.5 Å². The maximum atomic E-state index is 12.4. The summed E-state index contributed by atoms with van der Waals surface area (Å²) in [5.41, 5.74) is 2.46. The molecule has 0 fully saturated rings. The molecule has 0 N–H and O–H groups in total. The fourth-order valence-electron chi connectivity index (χ4n) is 2.71. The number of carbonyl (C=O) groups excluding carboxylic acids is 1. The Morgan fingerprint density at radius 1 is 0.962 bits per heavy atom. The van der Waals surface area contributed by atoms with Gasteiger partial charge < -0.3 is 9.47 Å². The lowest BCUT2D eigenvalue weighted by Crippen LogP contribution is -1.98. The highest BCUT2D eigenvalue weighted by molar-refractivity contribution is 6.31. The van der Waals surface area contributed by atoms with Crippen LogP contribution < -0.4 is 9.47 Å². The predicted molar refractivity (Wildman–Crippen MR) is 102 cm³/mol. The fraction of sp³-hybridized carbons (Fsp3) is 0.0455. The maximum Gasteiger partial charge on any atom is 0.232 e. The molecule has 0 saturated heterocycles. The number of hydrogen-bond donors (Lipinski definition) is 0. The van der Waals surface area contributed by atoms with E-state index in [1.807, 2.05) is 54.6 Å². The lowest BCUT2D eigenvalue weighted by Gasteiger charge is -2.06. The summed E-state index contributed by atoms with van der Waals surface area (Å²) in [5.74, 6) is 1.44. The van der Waals surface area contributed by atoms with Crippen LogP contribution >= 0.6 is 11.6 Å². The monoisotopic (exact) mass is 362 g/mol. The molecule has 0 atom stereocenters. The average Bonchev–Trinajstić information content (AvgIpc) is 2.97. The maximum absolute atomic E-state index is 12.4. The first kappa shape index (κ1) is 16.4. The van der Waals surface area contributed by atoms with Crippen LogP contribution in [-0.4, -0.2) is 5.78 Å². The molecular formula is C22H15ClO3. The molecule has 3 nitrogen and oxygen atoms in total. The summed E-state index contributed by atoms with van der Waals surface area (Å²) in [7, 11) is 0. The van der Waals surface area contributed by atoms with Crippen LogP contribution in [-0.2, 0) is 6.61 Å². The third-order valence-electron chi connectivity index (χ3n) is 4.06. The SMILES string of the molecule is O=C1/C(=C/c2ccc(OCc3ccccc3)cc2)Oc2ccc(Cl)cc21.